The fraction of sp³-hybridized carbons (Fsp3) is 0.265. The number of carboxylic acids is 3. The summed E-state index contributed by atoms with van der Waals surface area (Å²) in [6, 6.07) is 20.5. The molecule has 69 heavy (non-hydrogen) atoms. The number of carbonyl (C=O) groups excluding carboxylic acids is 2. The van der Waals surface area contributed by atoms with Crippen LogP contribution in [-0.2, 0) is 30.0 Å². The number of aliphatic carboxylic acids is 3. The molecule has 0 radical (unpaired) electrons. The summed E-state index contributed by atoms with van der Waals surface area (Å²) in [5.74, 6) is -14.6. The number of halogens is 4. The topological polar surface area (TPSA) is 205 Å². The van der Waals surface area contributed by atoms with Gasteiger partial charge in [0.05, 0.1) is 42.6 Å². The Kier molecular flexibility index (Phi) is 13.8. The minimum atomic E-state index is -5.06. The third kappa shape index (κ3) is 9.68. The van der Waals surface area contributed by atoms with Crippen LogP contribution in [0.1, 0.15) is 49.0 Å². The number of rotatable bonds is 14. The van der Waals surface area contributed by atoms with Gasteiger partial charge in [-0.1, -0.05) is 53.6 Å². The van der Waals surface area contributed by atoms with Crippen LogP contribution in [0.5, 0.6) is 11.5 Å². The Morgan fingerprint density at radius 3 is 1.86 bits per heavy atom. The second-order valence-electron chi connectivity index (χ2n) is 16.1. The van der Waals surface area contributed by atoms with Crippen molar-refractivity contribution < 1.29 is 75.8 Å². The van der Waals surface area contributed by atoms with Gasteiger partial charge < -0.3 is 49.0 Å². The summed E-state index contributed by atoms with van der Waals surface area (Å²) in [5, 5.41) is 34.2. The van der Waals surface area contributed by atoms with E-state index in [0.29, 0.717) is 29.0 Å². The molecule has 0 amide bonds. The van der Waals surface area contributed by atoms with E-state index in [1.807, 2.05) is 11.0 Å². The lowest BCUT2D eigenvalue weighted by Gasteiger charge is -2.49. The van der Waals surface area contributed by atoms with E-state index in [1.54, 1.807) is 32.0 Å². The van der Waals surface area contributed by atoms with Crippen molar-refractivity contribution >= 4 is 52.9 Å². The first-order valence-electron chi connectivity index (χ1n) is 21.1. The van der Waals surface area contributed by atoms with Gasteiger partial charge in [-0.3, -0.25) is 4.79 Å². The fourth-order valence-electron chi connectivity index (χ4n) is 8.35. The fourth-order valence-corrected chi connectivity index (χ4v) is 8.35. The van der Waals surface area contributed by atoms with Crippen molar-refractivity contribution in [1.29, 1.82) is 0 Å². The van der Waals surface area contributed by atoms with E-state index >= 15 is 4.39 Å². The molecule has 1 fully saturated rings. The number of alkyl halides is 3. The normalized spacial score (nSPS) is 16.5. The number of aliphatic imine (C=N–C) groups is 1. The van der Waals surface area contributed by atoms with Crippen LogP contribution < -0.4 is 19.3 Å². The Hall–Kier alpha value is -8.16. The molecule has 0 aliphatic carbocycles. The van der Waals surface area contributed by atoms with E-state index in [2.05, 4.69) is 4.99 Å². The number of anilines is 2. The molecule has 0 spiro atoms. The number of esters is 2. The van der Waals surface area contributed by atoms with Crippen molar-refractivity contribution in [2.24, 2.45) is 10.9 Å². The number of benzene rings is 5. The number of carbonyl (C=O) groups is 5. The second-order valence-corrected chi connectivity index (χ2v) is 16.1. The summed E-state index contributed by atoms with van der Waals surface area (Å²) in [5.41, 5.74) is -5.85. The van der Waals surface area contributed by atoms with Gasteiger partial charge in [-0.05, 0) is 74.5 Å². The molecule has 16 nitrogen and oxygen atoms in total. The van der Waals surface area contributed by atoms with E-state index in [4.69, 9.17) is 18.9 Å². The Labute approximate surface area is 391 Å². The van der Waals surface area contributed by atoms with E-state index < -0.39 is 99.5 Å². The molecule has 5 aromatic carbocycles. The van der Waals surface area contributed by atoms with Crippen molar-refractivity contribution in [3.8, 4) is 11.5 Å². The molecule has 0 aromatic heterocycles. The lowest BCUT2D eigenvalue weighted by atomic mass is 9.73. The number of aryl methyl sites for hydroxylation is 2. The number of ether oxygens (including phenoxy) is 4. The molecule has 3 N–H and O–H groups in total. The summed E-state index contributed by atoms with van der Waals surface area (Å²) in [6.07, 6.45) is -8.30. The summed E-state index contributed by atoms with van der Waals surface area (Å²) in [7, 11) is 2.58. The van der Waals surface area contributed by atoms with Crippen LogP contribution in [0, 0.1) is 25.6 Å². The Morgan fingerprint density at radius 2 is 1.30 bits per heavy atom. The largest absolute Gasteiger partial charge is 0.497 e. The number of hydrogen-bond acceptors (Lipinski definition) is 13. The average Bonchev–Trinajstić information content (AvgIpc) is 3.32. The molecule has 0 saturated carbocycles. The highest BCUT2D eigenvalue weighted by Crippen LogP contribution is 2.52. The summed E-state index contributed by atoms with van der Waals surface area (Å²) >= 11 is 0. The van der Waals surface area contributed by atoms with E-state index in [-0.39, 0.29) is 37.5 Å². The lowest BCUT2D eigenvalue weighted by molar-refractivity contribution is -0.199. The first-order valence-corrected chi connectivity index (χ1v) is 21.1. The molecule has 5 aromatic rings. The summed E-state index contributed by atoms with van der Waals surface area (Å²) < 4.78 is 82.8. The number of carboxylic acid groups (broad SMARTS) is 3. The van der Waals surface area contributed by atoms with Gasteiger partial charge in [-0.25, -0.2) is 28.6 Å². The summed E-state index contributed by atoms with van der Waals surface area (Å²) in [6.45, 7) is 3.62. The van der Waals surface area contributed by atoms with Crippen LogP contribution in [0.15, 0.2) is 114 Å². The average molecular weight is 957 g/mol. The lowest BCUT2D eigenvalue weighted by Crippen LogP contribution is -2.67. The number of piperazine rings is 1. The monoisotopic (exact) mass is 956 g/mol. The first-order chi connectivity index (χ1) is 32.8. The number of guanidine groups is 1. The van der Waals surface area contributed by atoms with Crippen molar-refractivity contribution in [1.82, 2.24) is 4.90 Å². The van der Waals surface area contributed by atoms with Gasteiger partial charge in [-0.15, -0.1) is 0 Å². The zero-order valence-electron chi connectivity index (χ0n) is 37.3. The van der Waals surface area contributed by atoms with Gasteiger partial charge in [0, 0.05) is 43.5 Å². The molecule has 20 heteroatoms. The maximum absolute atomic E-state index is 16.4. The smallest absolute Gasteiger partial charge is 0.416 e. The number of nitrogens with zero attached hydrogens (tertiary/aromatic N) is 4. The zero-order valence-corrected chi connectivity index (χ0v) is 37.3. The number of fused-ring (bicyclic) bond motifs is 1. The molecule has 360 valence electrons. The predicted octanol–water partition coefficient (Wildman–Crippen LogP) is 7.54. The maximum Gasteiger partial charge on any atom is 0.416 e. The molecule has 7 rings (SSSR count). The molecular formula is C49H44F4N4O12. The van der Waals surface area contributed by atoms with E-state index in [0.717, 1.165) is 42.0 Å². The quantitative estimate of drug-likeness (QED) is 0.0727. The van der Waals surface area contributed by atoms with Gasteiger partial charge >= 0.3 is 36.0 Å². The maximum atomic E-state index is 16.4. The number of para-hydroxylation sites is 1. The van der Waals surface area contributed by atoms with Crippen LogP contribution in [-0.4, -0.2) is 108 Å². The van der Waals surface area contributed by atoms with Crippen molar-refractivity contribution in [3.63, 3.8) is 0 Å². The number of hydrogen-bond donors (Lipinski definition) is 3. The van der Waals surface area contributed by atoms with Crippen LogP contribution >= 0.6 is 0 Å². The van der Waals surface area contributed by atoms with Crippen LogP contribution in [0.3, 0.4) is 0 Å². The summed E-state index contributed by atoms with van der Waals surface area (Å²) in [4.78, 5) is 79.6. The number of methoxy groups -OCH3 is 2. The molecule has 2 heterocycles. The standard InChI is InChI=1S/C49H44F4N4O12/c1-27-11-15-29(16-12-27)44(62)68-41(43(60)61)48(46(64)65,69-45(63)30-17-13-28(2)14-18-30)38(42(58)59)40-34-9-6-10-35(50)39(34)54-47(57(40)36-25-31(49(51,52)53)19-20-37(36)67-4)56-23-21-55(22-24-56)32-7-5-8-33(26-32)66-3/h5-20,25-26,38,40-41H,21-24H2,1-4H3,(H,58,59)(H,60,61)(H,64,65)/t38?,40?,41-,48+/m1/s1. The van der Waals surface area contributed by atoms with Gasteiger partial charge in [0.15, 0.2) is 0 Å². The molecule has 0 bridgehead atoms. The molecule has 2 aliphatic heterocycles. The molecule has 2 unspecified atom stereocenters. The highest BCUT2D eigenvalue weighted by atomic mass is 19.4. The highest BCUT2D eigenvalue weighted by molar-refractivity contribution is 6.05. The SMILES string of the molecule is COc1cccc(N2CCN(C3=Nc4c(F)cccc4C(C(C(=O)O)[C@@](OC(=O)c4ccc(C)cc4)(C(=O)O)[C@H](OC(=O)c4ccc(C)cc4)C(=O)O)N3c3cc(C(F)(F)F)ccc3OC)CC2)c1. The van der Waals surface area contributed by atoms with Gasteiger partial charge in [0.2, 0.25) is 12.1 Å². The zero-order chi connectivity index (χ0) is 49.9. The van der Waals surface area contributed by atoms with E-state index in [1.165, 1.54) is 60.5 Å². The predicted molar refractivity (Wildman–Crippen MR) is 240 cm³/mol. The molecule has 4 atom stereocenters. The van der Waals surface area contributed by atoms with Crippen LogP contribution in [0.2, 0.25) is 0 Å². The van der Waals surface area contributed by atoms with Gasteiger partial charge in [0.25, 0.3) is 5.60 Å². The van der Waals surface area contributed by atoms with Gasteiger partial charge in [-0.2, -0.15) is 13.2 Å². The Balaban J connectivity index is 1.52. The highest BCUT2D eigenvalue weighted by Gasteiger charge is 2.68. The first kappa shape index (κ1) is 48.8. The van der Waals surface area contributed by atoms with Crippen molar-refractivity contribution in [2.45, 2.75) is 37.8 Å². The van der Waals surface area contributed by atoms with Crippen LogP contribution in [0.4, 0.5) is 34.6 Å². The minimum absolute atomic E-state index is 0.0273. The third-order valence-electron chi connectivity index (χ3n) is 11.8. The molecular weight excluding hydrogens is 913 g/mol. The van der Waals surface area contributed by atoms with Crippen molar-refractivity contribution in [3.05, 3.63) is 148 Å². The second kappa shape index (κ2) is 19.6. The molecule has 2 aliphatic rings. The minimum Gasteiger partial charge on any atom is -0.497 e. The van der Waals surface area contributed by atoms with Crippen molar-refractivity contribution in [2.75, 3.05) is 50.2 Å². The Morgan fingerprint density at radius 1 is 0.710 bits per heavy atom. The third-order valence-corrected chi connectivity index (χ3v) is 11.8. The molecule has 1 saturated heterocycles. The van der Waals surface area contributed by atoms with E-state index in [9.17, 15) is 52.5 Å². The Bertz CT molecular complexity index is 2820. The van der Waals surface area contributed by atoms with Gasteiger partial charge in [0.1, 0.15) is 28.9 Å². The van der Waals surface area contributed by atoms with Crippen LogP contribution in [0.25, 0.3) is 0 Å².